The molecule has 0 fully saturated rings. The zero-order valence-electron chi connectivity index (χ0n) is 14.4. The second kappa shape index (κ2) is 7.50. The normalized spacial score (nSPS) is 14.7. The Bertz CT molecular complexity index is 1090. The molecular weight excluding hydrogens is 431 g/mol. The van der Waals surface area contributed by atoms with Gasteiger partial charge in [0.15, 0.2) is 0 Å². The van der Waals surface area contributed by atoms with E-state index in [1.54, 1.807) is 30.3 Å². The lowest BCUT2D eigenvalue weighted by atomic mass is 10.0. The van der Waals surface area contributed by atoms with E-state index in [2.05, 4.69) is 4.72 Å². The number of halogens is 2. The molecule has 146 valence electrons. The van der Waals surface area contributed by atoms with E-state index >= 15 is 0 Å². The highest BCUT2D eigenvalue weighted by atomic mass is 35.5. The van der Waals surface area contributed by atoms with Gasteiger partial charge in [0.2, 0.25) is 20.0 Å². The summed E-state index contributed by atoms with van der Waals surface area (Å²) in [6.45, 7) is 0.332. The second-order valence-electron chi connectivity index (χ2n) is 6.36. The molecule has 6 nitrogen and oxygen atoms in total. The highest BCUT2D eigenvalue weighted by Crippen LogP contribution is 2.35. The van der Waals surface area contributed by atoms with Gasteiger partial charge in [-0.2, -0.15) is 0 Å². The summed E-state index contributed by atoms with van der Waals surface area (Å²) >= 11 is 11.9. The Morgan fingerprint density at radius 3 is 2.48 bits per heavy atom. The fourth-order valence-electron chi connectivity index (χ4n) is 3.09. The van der Waals surface area contributed by atoms with Gasteiger partial charge in [0.05, 0.1) is 33.4 Å². The topological polar surface area (TPSA) is 83.6 Å². The van der Waals surface area contributed by atoms with Crippen molar-refractivity contribution in [3.8, 4) is 0 Å². The minimum Gasteiger partial charge on any atom is -0.283 e. The van der Waals surface area contributed by atoms with Crippen LogP contribution in [0, 0.1) is 0 Å². The molecular formula is C17H18Cl2N2O4S2. The Balaban J connectivity index is 1.97. The van der Waals surface area contributed by atoms with Gasteiger partial charge in [-0.25, -0.2) is 16.8 Å². The minimum atomic E-state index is -3.69. The number of nitrogens with zero attached hydrogens (tertiary/aromatic N) is 1. The van der Waals surface area contributed by atoms with Crippen molar-refractivity contribution in [3.63, 3.8) is 0 Å². The van der Waals surface area contributed by atoms with Crippen molar-refractivity contribution < 1.29 is 16.8 Å². The minimum absolute atomic E-state index is 0.229. The lowest BCUT2D eigenvalue weighted by Crippen LogP contribution is -2.36. The van der Waals surface area contributed by atoms with Crippen LogP contribution in [0.2, 0.25) is 10.0 Å². The molecule has 1 aliphatic rings. The van der Waals surface area contributed by atoms with Crippen LogP contribution in [0.25, 0.3) is 0 Å². The van der Waals surface area contributed by atoms with Gasteiger partial charge >= 0.3 is 0 Å². The SMILES string of the molecule is CS(=O)(=O)Nc1cccc2c1CCCN2S(=O)(=O)Cc1ccc(Cl)c(Cl)c1. The summed E-state index contributed by atoms with van der Waals surface area (Å²) in [6, 6.07) is 9.68. The van der Waals surface area contributed by atoms with E-state index in [4.69, 9.17) is 23.2 Å². The average Bonchev–Trinajstić information content (AvgIpc) is 2.56. The van der Waals surface area contributed by atoms with Crippen LogP contribution in [0.15, 0.2) is 36.4 Å². The lowest BCUT2D eigenvalue weighted by molar-refractivity contribution is 0.586. The third kappa shape index (κ3) is 4.68. The molecule has 1 heterocycles. The predicted octanol–water partition coefficient (Wildman–Crippen LogP) is 3.65. The first-order chi connectivity index (χ1) is 12.6. The zero-order valence-corrected chi connectivity index (χ0v) is 17.6. The van der Waals surface area contributed by atoms with Crippen molar-refractivity contribution in [1.29, 1.82) is 0 Å². The second-order valence-corrected chi connectivity index (χ2v) is 10.8. The number of hydrogen-bond acceptors (Lipinski definition) is 4. The molecule has 0 saturated heterocycles. The van der Waals surface area contributed by atoms with Crippen LogP contribution < -0.4 is 9.03 Å². The predicted molar refractivity (Wildman–Crippen MR) is 110 cm³/mol. The fraction of sp³-hybridized carbons (Fsp3) is 0.294. The number of nitrogens with one attached hydrogen (secondary N) is 1. The lowest BCUT2D eigenvalue weighted by Gasteiger charge is -2.31. The number of benzene rings is 2. The summed E-state index contributed by atoms with van der Waals surface area (Å²) in [5.41, 5.74) is 2.10. The summed E-state index contributed by atoms with van der Waals surface area (Å²) in [5, 5.41) is 0.653. The van der Waals surface area contributed by atoms with Crippen molar-refractivity contribution in [2.75, 3.05) is 21.8 Å². The Labute approximate surface area is 169 Å². The van der Waals surface area contributed by atoms with E-state index in [0.29, 0.717) is 51.9 Å². The van der Waals surface area contributed by atoms with Gasteiger partial charge in [-0.3, -0.25) is 9.03 Å². The highest BCUT2D eigenvalue weighted by molar-refractivity contribution is 7.92. The molecule has 0 spiro atoms. The molecule has 0 aliphatic carbocycles. The molecule has 3 rings (SSSR count). The van der Waals surface area contributed by atoms with E-state index < -0.39 is 20.0 Å². The van der Waals surface area contributed by atoms with E-state index in [9.17, 15) is 16.8 Å². The molecule has 0 radical (unpaired) electrons. The first kappa shape index (κ1) is 20.3. The van der Waals surface area contributed by atoms with Gasteiger partial charge in [-0.15, -0.1) is 0 Å². The van der Waals surface area contributed by atoms with Crippen molar-refractivity contribution in [2.24, 2.45) is 0 Å². The Morgan fingerprint density at radius 2 is 1.81 bits per heavy atom. The quantitative estimate of drug-likeness (QED) is 0.756. The van der Waals surface area contributed by atoms with E-state index in [0.717, 1.165) is 6.26 Å². The summed E-state index contributed by atoms with van der Waals surface area (Å²) in [6.07, 6.45) is 2.25. The van der Waals surface area contributed by atoms with Crippen LogP contribution in [-0.2, 0) is 32.2 Å². The van der Waals surface area contributed by atoms with Crippen LogP contribution in [-0.4, -0.2) is 29.6 Å². The Hall–Kier alpha value is -1.48. The molecule has 0 bridgehead atoms. The molecule has 2 aromatic rings. The van der Waals surface area contributed by atoms with Gasteiger partial charge in [0, 0.05) is 12.1 Å². The van der Waals surface area contributed by atoms with Gasteiger partial charge in [0.1, 0.15) is 0 Å². The highest BCUT2D eigenvalue weighted by Gasteiger charge is 2.29. The number of anilines is 2. The number of rotatable bonds is 5. The van der Waals surface area contributed by atoms with Crippen LogP contribution in [0.4, 0.5) is 11.4 Å². The maximum absolute atomic E-state index is 13.0. The number of fused-ring (bicyclic) bond motifs is 1. The van der Waals surface area contributed by atoms with Gasteiger partial charge in [-0.1, -0.05) is 35.3 Å². The zero-order chi connectivity index (χ0) is 19.8. The standard InChI is InChI=1S/C17H18Cl2N2O4S2/c1-26(22,23)20-16-5-2-6-17-13(16)4-3-9-21(17)27(24,25)11-12-7-8-14(18)15(19)10-12/h2,5-8,10,20H,3-4,9,11H2,1H3. The molecule has 1 N–H and O–H groups in total. The van der Waals surface area contributed by atoms with Crippen LogP contribution >= 0.6 is 23.2 Å². The molecule has 0 saturated carbocycles. The summed E-state index contributed by atoms with van der Waals surface area (Å²) in [4.78, 5) is 0. The van der Waals surface area contributed by atoms with E-state index in [1.165, 1.54) is 10.4 Å². The smallest absolute Gasteiger partial charge is 0.239 e. The van der Waals surface area contributed by atoms with Gasteiger partial charge < -0.3 is 0 Å². The molecule has 2 aromatic carbocycles. The van der Waals surface area contributed by atoms with E-state index in [1.807, 2.05) is 0 Å². The number of sulfonamides is 2. The average molecular weight is 449 g/mol. The van der Waals surface area contributed by atoms with Gasteiger partial charge in [-0.05, 0) is 42.7 Å². The molecule has 10 heteroatoms. The Morgan fingerprint density at radius 1 is 1.07 bits per heavy atom. The fourth-order valence-corrected chi connectivity index (χ4v) is 5.64. The third-order valence-electron chi connectivity index (χ3n) is 4.17. The maximum Gasteiger partial charge on any atom is 0.239 e. The summed E-state index contributed by atoms with van der Waals surface area (Å²) in [5.74, 6) is -0.229. The third-order valence-corrected chi connectivity index (χ3v) is 7.25. The molecule has 0 unspecified atom stereocenters. The largest absolute Gasteiger partial charge is 0.283 e. The molecule has 0 atom stereocenters. The first-order valence-corrected chi connectivity index (χ1v) is 12.4. The van der Waals surface area contributed by atoms with E-state index in [-0.39, 0.29) is 5.75 Å². The molecule has 0 aromatic heterocycles. The van der Waals surface area contributed by atoms with Crippen molar-refractivity contribution in [3.05, 3.63) is 57.6 Å². The first-order valence-electron chi connectivity index (χ1n) is 8.11. The van der Waals surface area contributed by atoms with Crippen molar-refractivity contribution in [2.45, 2.75) is 18.6 Å². The molecule has 0 amide bonds. The maximum atomic E-state index is 13.0. The van der Waals surface area contributed by atoms with Crippen LogP contribution in [0.1, 0.15) is 17.5 Å². The summed E-state index contributed by atoms with van der Waals surface area (Å²) < 4.78 is 53.0. The van der Waals surface area contributed by atoms with Crippen LogP contribution in [0.3, 0.4) is 0 Å². The molecule has 27 heavy (non-hydrogen) atoms. The van der Waals surface area contributed by atoms with Gasteiger partial charge in [0.25, 0.3) is 0 Å². The number of hydrogen-bond donors (Lipinski definition) is 1. The molecule has 1 aliphatic heterocycles. The Kier molecular flexibility index (Phi) is 5.63. The van der Waals surface area contributed by atoms with Crippen LogP contribution in [0.5, 0.6) is 0 Å². The summed E-state index contributed by atoms with van der Waals surface area (Å²) in [7, 11) is -7.15. The van der Waals surface area contributed by atoms with Crippen molar-refractivity contribution in [1.82, 2.24) is 0 Å². The van der Waals surface area contributed by atoms with Crippen molar-refractivity contribution >= 4 is 54.6 Å². The monoisotopic (exact) mass is 448 g/mol.